The Bertz CT molecular complexity index is 308. The van der Waals surface area contributed by atoms with Gasteiger partial charge in [-0.1, -0.05) is 12.1 Å². The number of benzene rings is 1. The van der Waals surface area contributed by atoms with Crippen LogP contribution in [0.5, 0.6) is 5.75 Å². The van der Waals surface area contributed by atoms with E-state index in [1.165, 1.54) is 6.92 Å². The normalized spacial score (nSPS) is 10.2. The fraction of sp³-hybridized carbons (Fsp3) is 0.364. The Hall–Kier alpha value is -1.39. The minimum atomic E-state index is -0.00728. The zero-order valence-electron chi connectivity index (χ0n) is 8.69. The predicted octanol–water partition coefficient (Wildman–Crippen LogP) is 1.04. The number of rotatable bonds is 6. The van der Waals surface area contributed by atoms with Gasteiger partial charge < -0.3 is 5.11 Å². The molecule has 0 saturated heterocycles. The monoisotopic (exact) mass is 209 g/mol. The predicted molar refractivity (Wildman–Crippen MR) is 56.4 cm³/mol. The van der Waals surface area contributed by atoms with Crippen molar-refractivity contribution in [2.24, 2.45) is 0 Å². The Labute approximate surface area is 88.8 Å². The molecule has 0 radical (unpaired) electrons. The van der Waals surface area contributed by atoms with Gasteiger partial charge in [0.1, 0.15) is 12.4 Å². The molecule has 2 N–H and O–H groups in total. The van der Waals surface area contributed by atoms with Gasteiger partial charge in [0, 0.05) is 6.54 Å². The van der Waals surface area contributed by atoms with Crippen LogP contribution in [0.15, 0.2) is 24.3 Å². The van der Waals surface area contributed by atoms with Crippen molar-refractivity contribution in [1.29, 1.82) is 0 Å². The van der Waals surface area contributed by atoms with Crippen LogP contribution in [0.2, 0.25) is 0 Å². The van der Waals surface area contributed by atoms with Gasteiger partial charge in [-0.3, -0.25) is 9.63 Å². The molecule has 0 spiro atoms. The number of ketones is 1. The highest BCUT2D eigenvalue weighted by Crippen LogP contribution is 2.09. The van der Waals surface area contributed by atoms with Gasteiger partial charge in [-0.2, -0.15) is 0 Å². The van der Waals surface area contributed by atoms with Crippen LogP contribution in [0.4, 0.5) is 0 Å². The molecule has 0 aliphatic carbocycles. The summed E-state index contributed by atoms with van der Waals surface area (Å²) in [5.41, 5.74) is 3.80. The number of carbonyl (C=O) groups is 1. The van der Waals surface area contributed by atoms with Gasteiger partial charge >= 0.3 is 0 Å². The highest BCUT2D eigenvalue weighted by atomic mass is 16.6. The molecule has 0 amide bonds. The lowest BCUT2D eigenvalue weighted by Crippen LogP contribution is -2.21. The van der Waals surface area contributed by atoms with E-state index < -0.39 is 0 Å². The van der Waals surface area contributed by atoms with Crippen molar-refractivity contribution < 1.29 is 14.7 Å². The summed E-state index contributed by atoms with van der Waals surface area (Å²) in [5.74, 6) is 0.256. The quantitative estimate of drug-likeness (QED) is 0.543. The number of phenolic OH excluding ortho intramolecular Hbond substituents is 1. The SMILES string of the molecule is CC(=O)CONCCc1ccc(O)cc1. The Kier molecular flexibility index (Phi) is 4.80. The first kappa shape index (κ1) is 11.7. The maximum atomic E-state index is 10.5. The van der Waals surface area contributed by atoms with Gasteiger partial charge in [0.15, 0.2) is 5.78 Å². The van der Waals surface area contributed by atoms with Crippen LogP contribution in [0, 0.1) is 0 Å². The minimum Gasteiger partial charge on any atom is -0.508 e. The molecule has 0 bridgehead atoms. The topological polar surface area (TPSA) is 58.6 Å². The third kappa shape index (κ3) is 5.15. The number of hydrogen-bond acceptors (Lipinski definition) is 4. The molecule has 1 rings (SSSR count). The number of nitrogens with one attached hydrogen (secondary N) is 1. The van der Waals surface area contributed by atoms with Gasteiger partial charge in [-0.05, 0) is 31.0 Å². The number of aromatic hydroxyl groups is 1. The number of hydrogen-bond donors (Lipinski definition) is 2. The van der Waals surface area contributed by atoms with Gasteiger partial charge in [0.2, 0.25) is 0 Å². The second kappa shape index (κ2) is 6.16. The molecule has 0 aliphatic rings. The summed E-state index contributed by atoms with van der Waals surface area (Å²) in [5, 5.41) is 9.05. The van der Waals surface area contributed by atoms with E-state index in [0.29, 0.717) is 6.54 Å². The first-order valence-corrected chi connectivity index (χ1v) is 4.80. The second-order valence-electron chi connectivity index (χ2n) is 3.30. The average Bonchev–Trinajstić information content (AvgIpc) is 2.20. The lowest BCUT2D eigenvalue weighted by molar-refractivity contribution is -0.124. The zero-order valence-corrected chi connectivity index (χ0v) is 8.69. The number of phenols is 1. The van der Waals surface area contributed by atoms with E-state index in [4.69, 9.17) is 9.94 Å². The van der Waals surface area contributed by atoms with Gasteiger partial charge in [-0.15, -0.1) is 0 Å². The van der Waals surface area contributed by atoms with Crippen LogP contribution in [-0.2, 0) is 16.1 Å². The lowest BCUT2D eigenvalue weighted by Gasteiger charge is -2.04. The smallest absolute Gasteiger partial charge is 0.157 e. The van der Waals surface area contributed by atoms with Crippen molar-refractivity contribution in [3.05, 3.63) is 29.8 Å². The summed E-state index contributed by atoms with van der Waals surface area (Å²) < 4.78 is 0. The van der Waals surface area contributed by atoms with Crippen molar-refractivity contribution in [3.63, 3.8) is 0 Å². The van der Waals surface area contributed by atoms with E-state index in [1.54, 1.807) is 12.1 Å². The van der Waals surface area contributed by atoms with E-state index in [-0.39, 0.29) is 18.1 Å². The summed E-state index contributed by atoms with van der Waals surface area (Å²) in [7, 11) is 0. The molecule has 0 fully saturated rings. The summed E-state index contributed by atoms with van der Waals surface area (Å²) in [6.45, 7) is 2.20. The summed E-state index contributed by atoms with van der Waals surface area (Å²) >= 11 is 0. The first-order valence-electron chi connectivity index (χ1n) is 4.80. The van der Waals surface area contributed by atoms with Crippen molar-refractivity contribution in [2.75, 3.05) is 13.2 Å². The van der Waals surface area contributed by atoms with Crippen LogP contribution in [0.3, 0.4) is 0 Å². The fourth-order valence-corrected chi connectivity index (χ4v) is 1.08. The molecule has 0 aromatic heterocycles. The van der Waals surface area contributed by atoms with Crippen LogP contribution in [-0.4, -0.2) is 24.0 Å². The standard InChI is InChI=1S/C11H15NO3/c1-9(13)8-15-12-7-6-10-2-4-11(14)5-3-10/h2-5,12,14H,6-8H2,1H3. The van der Waals surface area contributed by atoms with E-state index in [9.17, 15) is 4.79 Å². The zero-order chi connectivity index (χ0) is 11.1. The van der Waals surface area contributed by atoms with Crippen LogP contribution >= 0.6 is 0 Å². The van der Waals surface area contributed by atoms with Crippen molar-refractivity contribution in [3.8, 4) is 5.75 Å². The van der Waals surface area contributed by atoms with Gasteiger partial charge in [0.25, 0.3) is 0 Å². The largest absolute Gasteiger partial charge is 0.508 e. The van der Waals surface area contributed by atoms with Crippen LogP contribution in [0.25, 0.3) is 0 Å². The fourth-order valence-electron chi connectivity index (χ4n) is 1.08. The summed E-state index contributed by atoms with van der Waals surface area (Å²) in [6.07, 6.45) is 0.790. The van der Waals surface area contributed by atoms with Gasteiger partial charge in [-0.25, -0.2) is 5.48 Å². The maximum Gasteiger partial charge on any atom is 0.157 e. The molecule has 0 heterocycles. The Morgan fingerprint density at radius 3 is 2.67 bits per heavy atom. The number of Topliss-reactive ketones (excluding diaryl/α,β-unsaturated/α-hetero) is 1. The van der Waals surface area contributed by atoms with Gasteiger partial charge in [0.05, 0.1) is 0 Å². The molecular weight excluding hydrogens is 194 g/mol. The van der Waals surface area contributed by atoms with Crippen molar-refractivity contribution in [2.45, 2.75) is 13.3 Å². The van der Waals surface area contributed by atoms with E-state index >= 15 is 0 Å². The number of hydroxylamine groups is 1. The molecule has 0 saturated carbocycles. The molecule has 1 aromatic rings. The molecule has 4 heteroatoms. The highest BCUT2D eigenvalue weighted by molar-refractivity contribution is 5.76. The number of carbonyl (C=O) groups excluding carboxylic acids is 1. The Balaban J connectivity index is 2.15. The summed E-state index contributed by atoms with van der Waals surface area (Å²) in [4.78, 5) is 15.4. The molecule has 15 heavy (non-hydrogen) atoms. The Morgan fingerprint density at radius 2 is 2.07 bits per heavy atom. The molecule has 1 aromatic carbocycles. The summed E-state index contributed by atoms with van der Waals surface area (Å²) in [6, 6.07) is 6.99. The third-order valence-corrected chi connectivity index (χ3v) is 1.83. The van der Waals surface area contributed by atoms with E-state index in [2.05, 4.69) is 5.48 Å². The molecule has 0 atom stereocenters. The average molecular weight is 209 g/mol. The molecule has 0 aliphatic heterocycles. The first-order chi connectivity index (χ1) is 7.18. The molecule has 0 unspecified atom stereocenters. The van der Waals surface area contributed by atoms with Crippen molar-refractivity contribution in [1.82, 2.24) is 5.48 Å². The lowest BCUT2D eigenvalue weighted by atomic mass is 10.1. The van der Waals surface area contributed by atoms with Crippen LogP contribution < -0.4 is 5.48 Å². The van der Waals surface area contributed by atoms with E-state index in [1.807, 2.05) is 12.1 Å². The van der Waals surface area contributed by atoms with E-state index in [0.717, 1.165) is 12.0 Å². The Morgan fingerprint density at radius 1 is 1.40 bits per heavy atom. The third-order valence-electron chi connectivity index (χ3n) is 1.83. The molecular formula is C11H15NO3. The van der Waals surface area contributed by atoms with Crippen molar-refractivity contribution >= 4 is 5.78 Å². The van der Waals surface area contributed by atoms with Crippen LogP contribution in [0.1, 0.15) is 12.5 Å². The highest BCUT2D eigenvalue weighted by Gasteiger charge is 1.95. The second-order valence-corrected chi connectivity index (χ2v) is 3.30. The molecule has 4 nitrogen and oxygen atoms in total. The maximum absolute atomic E-state index is 10.5. The minimum absolute atomic E-state index is 0.00728. The molecule has 82 valence electrons.